The van der Waals surface area contributed by atoms with Gasteiger partial charge in [-0.3, -0.25) is 0 Å². The van der Waals surface area contributed by atoms with E-state index in [1.807, 2.05) is 25.1 Å². The Kier molecular flexibility index (Phi) is 5.04. The normalized spacial score (nSPS) is 11.6. The molecule has 21 heavy (non-hydrogen) atoms. The number of nitrogens with one attached hydrogen (secondary N) is 1. The first-order chi connectivity index (χ1) is 9.88. The zero-order chi connectivity index (χ0) is 15.5. The Hall–Kier alpha value is -1.36. The van der Waals surface area contributed by atoms with Crippen LogP contribution in [0.3, 0.4) is 0 Å². The van der Waals surface area contributed by atoms with Gasteiger partial charge in [0.2, 0.25) is 10.0 Å². The number of hydrogen-bond acceptors (Lipinski definition) is 2. The molecule has 0 saturated heterocycles. The van der Waals surface area contributed by atoms with E-state index in [1.165, 1.54) is 0 Å². The molecule has 1 N–H and O–H groups in total. The summed E-state index contributed by atoms with van der Waals surface area (Å²) >= 11 is 5.82. The number of rotatable bonds is 5. The van der Waals surface area contributed by atoms with Crippen LogP contribution < -0.4 is 4.72 Å². The highest BCUT2D eigenvalue weighted by molar-refractivity contribution is 7.89. The molecule has 0 spiro atoms. The summed E-state index contributed by atoms with van der Waals surface area (Å²) in [6.45, 7) is 4.11. The van der Waals surface area contributed by atoms with Crippen molar-refractivity contribution in [2.75, 3.05) is 6.54 Å². The van der Waals surface area contributed by atoms with Crippen LogP contribution in [0.25, 0.3) is 0 Å². The minimum absolute atomic E-state index is 0.337. The zero-order valence-electron chi connectivity index (χ0n) is 12.1. The molecule has 0 aliphatic carbocycles. The molecule has 0 amide bonds. The van der Waals surface area contributed by atoms with Crippen LogP contribution in [0, 0.1) is 13.8 Å². The summed E-state index contributed by atoms with van der Waals surface area (Å²) in [5.41, 5.74) is 2.85. The highest BCUT2D eigenvalue weighted by Crippen LogP contribution is 2.16. The summed E-state index contributed by atoms with van der Waals surface area (Å²) in [6.07, 6.45) is 0.626. The fraction of sp³-hybridized carbons (Fsp3) is 0.250. The molecule has 5 heteroatoms. The van der Waals surface area contributed by atoms with Crippen molar-refractivity contribution in [3.63, 3.8) is 0 Å². The average Bonchev–Trinajstić information content (AvgIpc) is 2.40. The summed E-state index contributed by atoms with van der Waals surface area (Å²) in [5, 5.41) is 0.676. The molecule has 3 nitrogen and oxygen atoms in total. The third-order valence-corrected chi connectivity index (χ3v) is 5.11. The number of hydrogen-bond donors (Lipinski definition) is 1. The Morgan fingerprint density at radius 1 is 1.05 bits per heavy atom. The largest absolute Gasteiger partial charge is 0.240 e. The molecule has 0 saturated carbocycles. The highest BCUT2D eigenvalue weighted by atomic mass is 35.5. The van der Waals surface area contributed by atoms with Crippen LogP contribution in [-0.2, 0) is 16.4 Å². The van der Waals surface area contributed by atoms with Gasteiger partial charge in [0.1, 0.15) is 0 Å². The van der Waals surface area contributed by atoms with Crippen LogP contribution in [0.2, 0.25) is 5.02 Å². The standard InChI is InChI=1S/C16H18ClNO2S/c1-12-3-8-16(13(2)11-12)21(19,20)18-10-9-14-4-6-15(17)7-5-14/h3-8,11,18H,9-10H2,1-2H3. The average molecular weight is 324 g/mol. The van der Waals surface area contributed by atoms with Crippen molar-refractivity contribution in [2.45, 2.75) is 25.2 Å². The van der Waals surface area contributed by atoms with Crippen molar-refractivity contribution in [1.29, 1.82) is 0 Å². The van der Waals surface area contributed by atoms with Gasteiger partial charge in [0.15, 0.2) is 0 Å². The third-order valence-electron chi connectivity index (χ3n) is 3.24. The lowest BCUT2D eigenvalue weighted by Gasteiger charge is -2.10. The van der Waals surface area contributed by atoms with Gasteiger partial charge in [-0.2, -0.15) is 0 Å². The Labute approximate surface area is 131 Å². The minimum Gasteiger partial charge on any atom is -0.211 e. The molecule has 0 aliphatic heterocycles. The van der Waals surface area contributed by atoms with Crippen molar-refractivity contribution in [2.24, 2.45) is 0 Å². The first-order valence-corrected chi connectivity index (χ1v) is 8.56. The molecule has 0 radical (unpaired) electrons. The van der Waals surface area contributed by atoms with Crippen LogP contribution >= 0.6 is 11.6 Å². The summed E-state index contributed by atoms with van der Waals surface area (Å²) < 4.78 is 27.2. The van der Waals surface area contributed by atoms with Crippen LogP contribution in [-0.4, -0.2) is 15.0 Å². The molecule has 0 bridgehead atoms. The van der Waals surface area contributed by atoms with Gasteiger partial charge in [0.25, 0.3) is 0 Å². The second-order valence-corrected chi connectivity index (χ2v) is 7.22. The van der Waals surface area contributed by atoms with E-state index in [0.29, 0.717) is 22.9 Å². The van der Waals surface area contributed by atoms with Crippen molar-refractivity contribution in [1.82, 2.24) is 4.72 Å². The maximum Gasteiger partial charge on any atom is 0.240 e. The first kappa shape index (κ1) is 16.0. The second-order valence-electron chi connectivity index (χ2n) is 5.04. The van der Waals surface area contributed by atoms with Crippen LogP contribution in [0.5, 0.6) is 0 Å². The third kappa shape index (κ3) is 4.30. The first-order valence-electron chi connectivity index (χ1n) is 6.70. The van der Waals surface area contributed by atoms with E-state index in [9.17, 15) is 8.42 Å². The summed E-state index contributed by atoms with van der Waals surface area (Å²) in [5.74, 6) is 0. The smallest absolute Gasteiger partial charge is 0.211 e. The maximum atomic E-state index is 12.3. The van der Waals surface area contributed by atoms with E-state index in [-0.39, 0.29) is 0 Å². The molecule has 0 unspecified atom stereocenters. The lowest BCUT2D eigenvalue weighted by Crippen LogP contribution is -2.26. The lowest BCUT2D eigenvalue weighted by molar-refractivity contribution is 0.581. The fourth-order valence-corrected chi connectivity index (χ4v) is 3.54. The van der Waals surface area contributed by atoms with Crippen molar-refractivity contribution >= 4 is 21.6 Å². The van der Waals surface area contributed by atoms with Gasteiger partial charge in [0, 0.05) is 11.6 Å². The molecular formula is C16H18ClNO2S. The van der Waals surface area contributed by atoms with E-state index < -0.39 is 10.0 Å². The fourth-order valence-electron chi connectivity index (χ4n) is 2.16. The van der Waals surface area contributed by atoms with E-state index in [0.717, 1.165) is 16.7 Å². The van der Waals surface area contributed by atoms with Gasteiger partial charge in [-0.05, 0) is 49.6 Å². The maximum absolute atomic E-state index is 12.3. The minimum atomic E-state index is -3.46. The molecular weight excluding hydrogens is 306 g/mol. The van der Waals surface area contributed by atoms with Gasteiger partial charge in [-0.15, -0.1) is 0 Å². The molecule has 2 rings (SSSR count). The van der Waals surface area contributed by atoms with Crippen LogP contribution in [0.1, 0.15) is 16.7 Å². The summed E-state index contributed by atoms with van der Waals surface area (Å²) in [6, 6.07) is 12.7. The number of sulfonamides is 1. The molecule has 0 atom stereocenters. The summed E-state index contributed by atoms with van der Waals surface area (Å²) in [4.78, 5) is 0.337. The lowest BCUT2D eigenvalue weighted by atomic mass is 10.2. The molecule has 2 aromatic carbocycles. The molecule has 0 aromatic heterocycles. The Bertz CT molecular complexity index is 724. The number of benzene rings is 2. The predicted octanol–water partition coefficient (Wildman–Crippen LogP) is 3.48. The van der Waals surface area contributed by atoms with E-state index in [4.69, 9.17) is 11.6 Å². The van der Waals surface area contributed by atoms with Crippen LogP contribution in [0.4, 0.5) is 0 Å². The topological polar surface area (TPSA) is 46.2 Å². The van der Waals surface area contributed by atoms with Crippen molar-refractivity contribution < 1.29 is 8.42 Å². The Morgan fingerprint density at radius 2 is 1.71 bits per heavy atom. The SMILES string of the molecule is Cc1ccc(S(=O)(=O)NCCc2ccc(Cl)cc2)c(C)c1. The molecule has 2 aromatic rings. The predicted molar refractivity (Wildman–Crippen MR) is 86.3 cm³/mol. The quantitative estimate of drug-likeness (QED) is 0.915. The zero-order valence-corrected chi connectivity index (χ0v) is 13.6. The van der Waals surface area contributed by atoms with Gasteiger partial charge in [-0.1, -0.05) is 41.4 Å². The van der Waals surface area contributed by atoms with Crippen molar-refractivity contribution in [3.8, 4) is 0 Å². The van der Waals surface area contributed by atoms with Crippen LogP contribution in [0.15, 0.2) is 47.4 Å². The molecule has 0 fully saturated rings. The number of halogens is 1. The Balaban J connectivity index is 2.03. The highest BCUT2D eigenvalue weighted by Gasteiger charge is 2.15. The van der Waals surface area contributed by atoms with E-state index >= 15 is 0 Å². The number of aryl methyl sites for hydroxylation is 2. The molecule has 0 aliphatic rings. The second kappa shape index (κ2) is 6.60. The van der Waals surface area contributed by atoms with Crippen molar-refractivity contribution in [3.05, 3.63) is 64.2 Å². The van der Waals surface area contributed by atoms with Gasteiger partial charge >= 0.3 is 0 Å². The Morgan fingerprint density at radius 3 is 2.33 bits per heavy atom. The van der Waals surface area contributed by atoms with E-state index in [1.54, 1.807) is 31.2 Å². The van der Waals surface area contributed by atoms with Gasteiger partial charge in [-0.25, -0.2) is 13.1 Å². The summed E-state index contributed by atoms with van der Waals surface area (Å²) in [7, 11) is -3.46. The monoisotopic (exact) mass is 323 g/mol. The van der Waals surface area contributed by atoms with Gasteiger partial charge in [0.05, 0.1) is 4.90 Å². The molecule has 0 heterocycles. The van der Waals surface area contributed by atoms with Gasteiger partial charge < -0.3 is 0 Å². The van der Waals surface area contributed by atoms with E-state index in [2.05, 4.69) is 4.72 Å². The molecule has 112 valence electrons.